The van der Waals surface area contributed by atoms with Crippen molar-refractivity contribution in [3.8, 4) is 11.5 Å². The van der Waals surface area contributed by atoms with Crippen molar-refractivity contribution in [3.63, 3.8) is 0 Å². The van der Waals surface area contributed by atoms with Crippen LogP contribution < -0.4 is 24.4 Å². The van der Waals surface area contributed by atoms with Crippen LogP contribution in [-0.2, 0) is 9.53 Å². The van der Waals surface area contributed by atoms with E-state index in [1.54, 1.807) is 44.2 Å². The van der Waals surface area contributed by atoms with Crippen LogP contribution in [0.1, 0.15) is 49.3 Å². The average Bonchev–Trinajstić information content (AvgIpc) is 3.31. The molecule has 47 heavy (non-hydrogen) atoms. The van der Waals surface area contributed by atoms with Crippen LogP contribution in [-0.4, -0.2) is 45.8 Å². The first-order valence-electron chi connectivity index (χ1n) is 14.4. The number of hydrogen-bond donors (Lipinski definition) is 0. The predicted molar refractivity (Wildman–Crippen MR) is 181 cm³/mol. The Morgan fingerprint density at radius 2 is 1.83 bits per heavy atom. The highest BCUT2D eigenvalue weighted by Crippen LogP contribution is 2.41. The minimum absolute atomic E-state index is 0.128. The molecule has 0 aliphatic carbocycles. The second kappa shape index (κ2) is 14.2. The molecule has 5 rings (SSSR count). The van der Waals surface area contributed by atoms with Crippen molar-refractivity contribution in [2.75, 3.05) is 20.3 Å². The van der Waals surface area contributed by atoms with E-state index in [1.165, 1.54) is 17.7 Å². The third-order valence-electron chi connectivity index (χ3n) is 7.03. The first kappa shape index (κ1) is 34.0. The summed E-state index contributed by atoms with van der Waals surface area (Å²) in [6.07, 6.45) is 1.58. The number of esters is 1. The van der Waals surface area contributed by atoms with Gasteiger partial charge in [-0.1, -0.05) is 33.3 Å². The number of benzene rings is 2. The van der Waals surface area contributed by atoms with Crippen molar-refractivity contribution in [3.05, 3.63) is 104 Å². The normalized spacial score (nSPS) is 14.4. The van der Waals surface area contributed by atoms with Crippen molar-refractivity contribution in [2.24, 2.45) is 4.99 Å². The van der Waals surface area contributed by atoms with E-state index in [0.717, 1.165) is 34.5 Å². The molecule has 0 radical (unpaired) electrons. The number of rotatable bonds is 10. The standard InChI is InChI=1S/C32H30BrN5O7S2/c1-7-44-24-14-20(21(33)15-23(24)43-6)28-27(30(40)45-8-2)18(5)36-32-37(28)29(39)26(47-32)13-19-9-10-25(22(12-19)38(41)42)46-31-34-16(3)11-17(4)35-31/h9-15,28H,7-8H2,1-6H3/b26-13+/t28-/m1/s1. The first-order valence-corrected chi connectivity index (χ1v) is 16.9. The molecule has 2 aromatic carbocycles. The highest BCUT2D eigenvalue weighted by atomic mass is 79.9. The highest BCUT2D eigenvalue weighted by molar-refractivity contribution is 9.10. The number of nitro groups is 1. The van der Waals surface area contributed by atoms with Crippen molar-refractivity contribution in [1.29, 1.82) is 0 Å². The number of thiazole rings is 1. The maximum Gasteiger partial charge on any atom is 0.338 e. The summed E-state index contributed by atoms with van der Waals surface area (Å²) in [4.78, 5) is 53.2. The van der Waals surface area contributed by atoms with Crippen LogP contribution in [0, 0.1) is 24.0 Å². The monoisotopic (exact) mass is 739 g/mol. The van der Waals surface area contributed by atoms with E-state index in [-0.39, 0.29) is 22.4 Å². The van der Waals surface area contributed by atoms with Crippen molar-refractivity contribution < 1.29 is 23.9 Å². The van der Waals surface area contributed by atoms with Crippen LogP contribution in [0.15, 0.2) is 72.0 Å². The summed E-state index contributed by atoms with van der Waals surface area (Å²) in [6.45, 7) is 9.39. The zero-order valence-corrected chi connectivity index (χ0v) is 29.5. The number of carbonyl (C=O) groups excluding carboxylic acids is 1. The summed E-state index contributed by atoms with van der Waals surface area (Å²) in [5, 5.41) is 12.5. The van der Waals surface area contributed by atoms with E-state index in [9.17, 15) is 19.7 Å². The fourth-order valence-electron chi connectivity index (χ4n) is 5.12. The van der Waals surface area contributed by atoms with Gasteiger partial charge in [0.05, 0.1) is 52.0 Å². The van der Waals surface area contributed by atoms with Gasteiger partial charge in [0, 0.05) is 21.9 Å². The maximum absolute atomic E-state index is 14.2. The van der Waals surface area contributed by atoms with Gasteiger partial charge in [0.1, 0.15) is 0 Å². The Balaban J connectivity index is 1.66. The van der Waals surface area contributed by atoms with Gasteiger partial charge in [0.15, 0.2) is 21.5 Å². The lowest BCUT2D eigenvalue weighted by Crippen LogP contribution is -2.40. The molecule has 0 N–H and O–H groups in total. The minimum Gasteiger partial charge on any atom is -0.493 e. The molecule has 244 valence electrons. The predicted octanol–water partition coefficient (Wildman–Crippen LogP) is 5.43. The number of halogens is 1. The molecule has 0 bridgehead atoms. The molecule has 1 atom stereocenters. The zero-order chi connectivity index (χ0) is 34.0. The summed E-state index contributed by atoms with van der Waals surface area (Å²) in [6, 6.07) is 9.06. The Hall–Kier alpha value is -4.34. The lowest BCUT2D eigenvalue weighted by molar-refractivity contribution is -0.387. The summed E-state index contributed by atoms with van der Waals surface area (Å²) < 4.78 is 19.0. The third kappa shape index (κ3) is 7.01. The van der Waals surface area contributed by atoms with Crippen LogP contribution >= 0.6 is 39.0 Å². The lowest BCUT2D eigenvalue weighted by Gasteiger charge is -2.26. The topological polar surface area (TPSA) is 148 Å². The SMILES string of the molecule is CCOC(=O)C1=C(C)N=c2s/c(=C/c3ccc(Sc4nc(C)cc(C)n4)c([N+](=O)[O-])c3)c(=O)n2[C@@H]1c1cc(OCC)c(OC)cc1Br. The number of carbonyl (C=O) groups is 1. The number of aryl methyl sites for hydroxylation is 2. The third-order valence-corrected chi connectivity index (χ3v) is 9.63. The van der Waals surface area contributed by atoms with Gasteiger partial charge < -0.3 is 14.2 Å². The van der Waals surface area contributed by atoms with E-state index >= 15 is 0 Å². The Bertz CT molecular complexity index is 2110. The number of methoxy groups -OCH3 is 1. The number of allylic oxidation sites excluding steroid dienone is 1. The molecule has 0 amide bonds. The van der Waals surface area contributed by atoms with E-state index in [0.29, 0.717) is 54.3 Å². The van der Waals surface area contributed by atoms with Gasteiger partial charge in [-0.05, 0) is 87.8 Å². The molecular weight excluding hydrogens is 710 g/mol. The maximum atomic E-state index is 14.2. The second-order valence-electron chi connectivity index (χ2n) is 10.3. The number of fused-ring (bicyclic) bond motifs is 1. The molecule has 1 aliphatic heterocycles. The van der Waals surface area contributed by atoms with E-state index in [2.05, 4.69) is 30.9 Å². The fourth-order valence-corrected chi connectivity index (χ4v) is 7.65. The van der Waals surface area contributed by atoms with Crippen LogP contribution in [0.2, 0.25) is 0 Å². The molecule has 3 heterocycles. The summed E-state index contributed by atoms with van der Waals surface area (Å²) in [7, 11) is 1.52. The summed E-state index contributed by atoms with van der Waals surface area (Å²) in [5.74, 6) is 0.301. The lowest BCUT2D eigenvalue weighted by atomic mass is 9.95. The second-order valence-corrected chi connectivity index (χ2v) is 13.2. The van der Waals surface area contributed by atoms with Crippen molar-refractivity contribution >= 4 is 56.8 Å². The highest BCUT2D eigenvalue weighted by Gasteiger charge is 2.35. The zero-order valence-electron chi connectivity index (χ0n) is 26.3. The van der Waals surface area contributed by atoms with Crippen LogP contribution in [0.25, 0.3) is 6.08 Å². The van der Waals surface area contributed by atoms with Gasteiger partial charge in [0.2, 0.25) is 0 Å². The molecule has 15 heteroatoms. The molecule has 2 aromatic heterocycles. The smallest absolute Gasteiger partial charge is 0.338 e. The molecule has 4 aromatic rings. The van der Waals surface area contributed by atoms with Crippen LogP contribution in [0.4, 0.5) is 5.69 Å². The molecule has 0 fully saturated rings. The van der Waals surface area contributed by atoms with E-state index in [1.807, 2.05) is 26.8 Å². The van der Waals surface area contributed by atoms with Crippen molar-refractivity contribution in [1.82, 2.24) is 14.5 Å². The number of hydrogen-bond acceptors (Lipinski definition) is 12. The first-order chi connectivity index (χ1) is 22.4. The van der Waals surface area contributed by atoms with Gasteiger partial charge in [-0.3, -0.25) is 19.5 Å². The Labute approximate surface area is 286 Å². The van der Waals surface area contributed by atoms with Gasteiger partial charge in [-0.15, -0.1) is 0 Å². The average molecular weight is 741 g/mol. The molecule has 0 unspecified atom stereocenters. The van der Waals surface area contributed by atoms with Gasteiger partial charge in [-0.2, -0.15) is 0 Å². The molecular formula is C32H30BrN5O7S2. The Kier molecular flexibility index (Phi) is 10.3. The molecule has 12 nitrogen and oxygen atoms in total. The number of ether oxygens (including phenoxy) is 3. The summed E-state index contributed by atoms with van der Waals surface area (Å²) in [5.41, 5.74) is 2.52. The minimum atomic E-state index is -0.919. The largest absolute Gasteiger partial charge is 0.493 e. The quantitative estimate of drug-likeness (QED) is 0.0892. The fraction of sp³-hybridized carbons (Fsp3) is 0.281. The Morgan fingerprint density at radius 3 is 2.47 bits per heavy atom. The van der Waals surface area contributed by atoms with Crippen LogP contribution in [0.3, 0.4) is 0 Å². The summed E-state index contributed by atoms with van der Waals surface area (Å²) >= 11 is 5.82. The van der Waals surface area contributed by atoms with Crippen molar-refractivity contribution in [2.45, 2.75) is 50.7 Å². The number of nitro benzene ring substituents is 1. The van der Waals surface area contributed by atoms with Crippen LogP contribution in [0.5, 0.6) is 11.5 Å². The molecule has 0 spiro atoms. The Morgan fingerprint density at radius 1 is 1.11 bits per heavy atom. The van der Waals surface area contributed by atoms with Gasteiger partial charge in [-0.25, -0.2) is 19.8 Å². The molecule has 0 saturated heterocycles. The van der Waals surface area contributed by atoms with Gasteiger partial charge >= 0.3 is 5.97 Å². The number of nitrogens with zero attached hydrogens (tertiary/aromatic N) is 5. The molecule has 1 aliphatic rings. The van der Waals surface area contributed by atoms with E-state index < -0.39 is 22.5 Å². The van der Waals surface area contributed by atoms with Gasteiger partial charge in [0.25, 0.3) is 11.2 Å². The molecule has 0 saturated carbocycles. The number of aromatic nitrogens is 3. The van der Waals surface area contributed by atoms with E-state index in [4.69, 9.17) is 14.2 Å².